The van der Waals surface area contributed by atoms with E-state index < -0.39 is 0 Å². The molecule has 0 saturated heterocycles. The molecule has 0 aliphatic heterocycles. The maximum Gasteiger partial charge on any atom is 0.248 e. The van der Waals surface area contributed by atoms with Crippen LogP contribution in [0.1, 0.15) is 31.9 Å². The highest BCUT2D eigenvalue weighted by atomic mass is 19.1. The Kier molecular flexibility index (Phi) is 6.67. The van der Waals surface area contributed by atoms with Crippen LogP contribution in [0.3, 0.4) is 0 Å². The van der Waals surface area contributed by atoms with Crippen molar-refractivity contribution in [3.63, 3.8) is 0 Å². The molecule has 2 N–H and O–H groups in total. The predicted octanol–water partition coefficient (Wildman–Crippen LogP) is 3.93. The second kappa shape index (κ2) is 8.94. The standard InChI is InChI=1S/C21H23FN2O2/c1-14(2)23-21(26)13-16-4-10-19(11-5-16)24-20(25)12-15(3)17-6-8-18(22)9-7-17/h4-12,14H,13H2,1-3H3,(H,23,26)(H,24,25)/b15-12+. The third-order valence-corrected chi connectivity index (χ3v) is 3.68. The zero-order valence-corrected chi connectivity index (χ0v) is 15.2. The zero-order valence-electron chi connectivity index (χ0n) is 15.2. The van der Waals surface area contributed by atoms with Crippen LogP contribution in [0.2, 0.25) is 0 Å². The molecule has 0 unspecified atom stereocenters. The van der Waals surface area contributed by atoms with Gasteiger partial charge in [-0.3, -0.25) is 9.59 Å². The number of nitrogens with one attached hydrogen (secondary N) is 2. The first kappa shape index (κ1) is 19.4. The third kappa shape index (κ3) is 6.16. The number of allylic oxidation sites excluding steroid dienone is 1. The Morgan fingerprint density at radius 2 is 1.65 bits per heavy atom. The van der Waals surface area contributed by atoms with E-state index in [2.05, 4.69) is 10.6 Å². The van der Waals surface area contributed by atoms with Crippen LogP contribution in [0.25, 0.3) is 5.57 Å². The predicted molar refractivity (Wildman–Crippen MR) is 102 cm³/mol. The molecule has 0 heterocycles. The smallest absolute Gasteiger partial charge is 0.248 e. The number of benzene rings is 2. The SMILES string of the molecule is C/C(=C\C(=O)Nc1ccc(CC(=O)NC(C)C)cc1)c1ccc(F)cc1. The van der Waals surface area contributed by atoms with Crippen molar-refractivity contribution in [2.45, 2.75) is 33.2 Å². The molecular formula is C21H23FN2O2. The highest BCUT2D eigenvalue weighted by molar-refractivity contribution is 6.03. The molecule has 26 heavy (non-hydrogen) atoms. The molecule has 136 valence electrons. The molecule has 4 nitrogen and oxygen atoms in total. The summed E-state index contributed by atoms with van der Waals surface area (Å²) in [5, 5.41) is 5.62. The van der Waals surface area contributed by atoms with Crippen LogP contribution in [0, 0.1) is 5.82 Å². The first-order valence-corrected chi connectivity index (χ1v) is 8.47. The largest absolute Gasteiger partial charge is 0.354 e. The van der Waals surface area contributed by atoms with Crippen LogP contribution in [0.15, 0.2) is 54.6 Å². The average molecular weight is 354 g/mol. The van der Waals surface area contributed by atoms with Gasteiger partial charge in [0, 0.05) is 17.8 Å². The summed E-state index contributed by atoms with van der Waals surface area (Å²) in [5.74, 6) is -0.611. The van der Waals surface area contributed by atoms with Crippen molar-refractivity contribution in [3.8, 4) is 0 Å². The molecule has 2 aromatic rings. The van der Waals surface area contributed by atoms with E-state index in [0.717, 1.165) is 16.7 Å². The van der Waals surface area contributed by atoms with Crippen molar-refractivity contribution in [2.75, 3.05) is 5.32 Å². The molecule has 2 rings (SSSR count). The molecule has 0 saturated carbocycles. The lowest BCUT2D eigenvalue weighted by Gasteiger charge is -2.09. The van der Waals surface area contributed by atoms with E-state index in [9.17, 15) is 14.0 Å². The molecule has 2 aromatic carbocycles. The Morgan fingerprint density at radius 3 is 2.23 bits per heavy atom. The molecule has 0 aliphatic carbocycles. The number of halogens is 1. The van der Waals surface area contributed by atoms with E-state index in [0.29, 0.717) is 12.1 Å². The number of carbonyl (C=O) groups excluding carboxylic acids is 2. The maximum absolute atomic E-state index is 13.0. The summed E-state index contributed by atoms with van der Waals surface area (Å²) in [7, 11) is 0. The number of rotatable bonds is 6. The van der Waals surface area contributed by atoms with Crippen LogP contribution < -0.4 is 10.6 Å². The number of carbonyl (C=O) groups is 2. The average Bonchev–Trinajstić information content (AvgIpc) is 2.56. The van der Waals surface area contributed by atoms with Gasteiger partial charge in [0.15, 0.2) is 0 Å². The summed E-state index contributed by atoms with van der Waals surface area (Å²) < 4.78 is 13.0. The number of hydrogen-bond acceptors (Lipinski definition) is 2. The summed E-state index contributed by atoms with van der Waals surface area (Å²) in [4.78, 5) is 23.9. The van der Waals surface area contributed by atoms with E-state index in [1.54, 1.807) is 31.2 Å². The summed E-state index contributed by atoms with van der Waals surface area (Å²) in [6.07, 6.45) is 1.77. The van der Waals surface area contributed by atoms with Crippen LogP contribution >= 0.6 is 0 Å². The quantitative estimate of drug-likeness (QED) is 0.772. The van der Waals surface area contributed by atoms with Gasteiger partial charge >= 0.3 is 0 Å². The summed E-state index contributed by atoms with van der Waals surface area (Å²) in [6, 6.07) is 13.2. The molecule has 0 bridgehead atoms. The summed E-state index contributed by atoms with van der Waals surface area (Å²) in [6.45, 7) is 5.62. The molecule has 0 spiro atoms. The number of hydrogen-bond donors (Lipinski definition) is 2. The van der Waals surface area contributed by atoms with Gasteiger partial charge in [-0.05, 0) is 61.7 Å². The number of amides is 2. The lowest BCUT2D eigenvalue weighted by atomic mass is 10.1. The second-order valence-electron chi connectivity index (χ2n) is 6.42. The van der Waals surface area contributed by atoms with Crippen LogP contribution in [0.4, 0.5) is 10.1 Å². The van der Waals surface area contributed by atoms with E-state index in [4.69, 9.17) is 0 Å². The summed E-state index contributed by atoms with van der Waals surface area (Å²) in [5.41, 5.74) is 3.04. The van der Waals surface area contributed by atoms with Crippen molar-refractivity contribution in [3.05, 3.63) is 71.6 Å². The lowest BCUT2D eigenvalue weighted by Crippen LogP contribution is -2.31. The normalized spacial score (nSPS) is 11.3. The monoisotopic (exact) mass is 354 g/mol. The van der Waals surface area contributed by atoms with Gasteiger partial charge in [-0.2, -0.15) is 0 Å². The number of anilines is 1. The Morgan fingerprint density at radius 1 is 1.04 bits per heavy atom. The fourth-order valence-corrected chi connectivity index (χ4v) is 2.44. The Labute approximate surface area is 153 Å². The van der Waals surface area contributed by atoms with Gasteiger partial charge < -0.3 is 10.6 Å². The van der Waals surface area contributed by atoms with Crippen LogP contribution in [0.5, 0.6) is 0 Å². The van der Waals surface area contributed by atoms with Crippen molar-refractivity contribution >= 4 is 23.1 Å². The highest BCUT2D eigenvalue weighted by Gasteiger charge is 2.06. The summed E-state index contributed by atoms with van der Waals surface area (Å²) >= 11 is 0. The highest BCUT2D eigenvalue weighted by Crippen LogP contribution is 2.15. The van der Waals surface area contributed by atoms with Crippen LogP contribution in [-0.4, -0.2) is 17.9 Å². The minimum atomic E-state index is -0.312. The van der Waals surface area contributed by atoms with Gasteiger partial charge in [0.05, 0.1) is 6.42 Å². The molecule has 0 aromatic heterocycles. The minimum absolute atomic E-state index is 0.0327. The van der Waals surface area contributed by atoms with E-state index in [-0.39, 0.29) is 23.7 Å². The van der Waals surface area contributed by atoms with Gasteiger partial charge in [-0.15, -0.1) is 0 Å². The fraction of sp³-hybridized carbons (Fsp3) is 0.238. The van der Waals surface area contributed by atoms with E-state index in [1.165, 1.54) is 18.2 Å². The molecule has 0 fully saturated rings. The van der Waals surface area contributed by atoms with Crippen molar-refractivity contribution in [1.29, 1.82) is 0 Å². The Balaban J connectivity index is 1.95. The Hall–Kier alpha value is -2.95. The van der Waals surface area contributed by atoms with Crippen molar-refractivity contribution in [2.24, 2.45) is 0 Å². The van der Waals surface area contributed by atoms with Gasteiger partial charge in [-0.1, -0.05) is 24.3 Å². The maximum atomic E-state index is 13.0. The van der Waals surface area contributed by atoms with Gasteiger partial charge in [0.25, 0.3) is 0 Å². The topological polar surface area (TPSA) is 58.2 Å². The van der Waals surface area contributed by atoms with Gasteiger partial charge in [0.2, 0.25) is 11.8 Å². The van der Waals surface area contributed by atoms with Gasteiger partial charge in [-0.25, -0.2) is 4.39 Å². The zero-order chi connectivity index (χ0) is 19.1. The first-order valence-electron chi connectivity index (χ1n) is 8.47. The lowest BCUT2D eigenvalue weighted by molar-refractivity contribution is -0.121. The Bertz CT molecular complexity index is 794. The molecule has 5 heteroatoms. The minimum Gasteiger partial charge on any atom is -0.354 e. The molecular weight excluding hydrogens is 331 g/mol. The molecule has 0 atom stereocenters. The van der Waals surface area contributed by atoms with E-state index >= 15 is 0 Å². The van der Waals surface area contributed by atoms with Crippen LogP contribution in [-0.2, 0) is 16.0 Å². The van der Waals surface area contributed by atoms with Crippen molar-refractivity contribution in [1.82, 2.24) is 5.32 Å². The molecule has 0 radical (unpaired) electrons. The van der Waals surface area contributed by atoms with Gasteiger partial charge in [0.1, 0.15) is 5.82 Å². The fourth-order valence-electron chi connectivity index (χ4n) is 2.44. The molecule has 0 aliphatic rings. The third-order valence-electron chi connectivity index (χ3n) is 3.68. The first-order chi connectivity index (χ1) is 12.3. The molecule has 2 amide bonds. The van der Waals surface area contributed by atoms with Crippen molar-refractivity contribution < 1.29 is 14.0 Å². The second-order valence-corrected chi connectivity index (χ2v) is 6.42. The van der Waals surface area contributed by atoms with E-state index in [1.807, 2.05) is 26.0 Å².